The van der Waals surface area contributed by atoms with Crippen molar-refractivity contribution in [1.29, 1.82) is 0 Å². The van der Waals surface area contributed by atoms with Crippen LogP contribution >= 0.6 is 11.3 Å². The van der Waals surface area contributed by atoms with Crippen LogP contribution in [0.2, 0.25) is 0 Å². The van der Waals surface area contributed by atoms with Crippen LogP contribution in [0.1, 0.15) is 29.4 Å². The van der Waals surface area contributed by atoms with E-state index in [0.717, 1.165) is 4.70 Å². The van der Waals surface area contributed by atoms with Gasteiger partial charge in [-0.2, -0.15) is 0 Å². The summed E-state index contributed by atoms with van der Waals surface area (Å²) >= 11 is 1.33. The largest absolute Gasteiger partial charge is 0.491 e. The molecule has 0 saturated heterocycles. The van der Waals surface area contributed by atoms with Crippen LogP contribution in [0.5, 0.6) is 11.6 Å². The summed E-state index contributed by atoms with van der Waals surface area (Å²) in [5.41, 5.74) is 0.669. The summed E-state index contributed by atoms with van der Waals surface area (Å²) in [7, 11) is 4.38. The molecule has 0 unspecified atom stereocenters. The van der Waals surface area contributed by atoms with E-state index in [1.165, 1.54) is 32.7 Å². The molecular weight excluding hydrogens is 318 g/mol. The van der Waals surface area contributed by atoms with E-state index in [0.29, 0.717) is 28.4 Å². The first kappa shape index (κ1) is 17.2. The maximum atomic E-state index is 12.4. The molecule has 0 bridgehead atoms. The number of rotatable bonds is 7. The maximum Gasteiger partial charge on any atom is 0.309 e. The molecule has 0 spiro atoms. The molecule has 23 heavy (non-hydrogen) atoms. The molecule has 2 aromatic rings. The molecule has 0 N–H and O–H groups in total. The minimum atomic E-state index is -0.422. The van der Waals surface area contributed by atoms with Crippen LogP contribution in [0, 0.1) is 5.92 Å². The average Bonchev–Trinajstić information content (AvgIpc) is 3.00. The second kappa shape index (κ2) is 7.41. The molecule has 0 aliphatic heterocycles. The molecule has 0 aliphatic carbocycles. The number of hydrogen-bond donors (Lipinski definition) is 0. The minimum Gasteiger partial charge on any atom is -0.491 e. The Bertz CT molecular complexity index is 684. The molecule has 7 heteroatoms. The summed E-state index contributed by atoms with van der Waals surface area (Å²) in [6.45, 7) is 1.86. The summed E-state index contributed by atoms with van der Waals surface area (Å²) in [5, 5.41) is 0. The molecule has 0 aliphatic rings. The number of carbonyl (C=O) groups excluding carboxylic acids is 2. The summed E-state index contributed by atoms with van der Waals surface area (Å²) in [5.74, 6) is 0.0148. The Morgan fingerprint density at radius 2 is 1.96 bits per heavy atom. The van der Waals surface area contributed by atoms with Crippen LogP contribution < -0.4 is 9.47 Å². The highest BCUT2D eigenvalue weighted by molar-refractivity contribution is 7.20. The van der Waals surface area contributed by atoms with Crippen molar-refractivity contribution in [2.24, 2.45) is 5.92 Å². The third-order valence-corrected chi connectivity index (χ3v) is 4.69. The van der Waals surface area contributed by atoms with Crippen LogP contribution in [0.3, 0.4) is 0 Å². The van der Waals surface area contributed by atoms with E-state index in [2.05, 4.69) is 4.98 Å². The Hall–Kier alpha value is -2.15. The molecule has 0 saturated carbocycles. The molecule has 6 nitrogen and oxygen atoms in total. The lowest BCUT2D eigenvalue weighted by Crippen LogP contribution is -2.18. The number of pyridine rings is 1. The first-order valence-corrected chi connectivity index (χ1v) is 7.99. The zero-order valence-electron chi connectivity index (χ0n) is 13.5. The van der Waals surface area contributed by atoms with Gasteiger partial charge >= 0.3 is 5.97 Å². The number of ketones is 1. The van der Waals surface area contributed by atoms with E-state index >= 15 is 0 Å². The van der Waals surface area contributed by atoms with Gasteiger partial charge in [0.2, 0.25) is 0 Å². The van der Waals surface area contributed by atoms with E-state index in [1.807, 2.05) is 6.92 Å². The van der Waals surface area contributed by atoms with E-state index in [9.17, 15) is 9.59 Å². The van der Waals surface area contributed by atoms with Crippen molar-refractivity contribution in [1.82, 2.24) is 4.98 Å². The van der Waals surface area contributed by atoms with Crippen LogP contribution in [-0.2, 0) is 9.53 Å². The number of methoxy groups -OCH3 is 3. The molecule has 2 rings (SSSR count). The number of carbonyl (C=O) groups is 2. The van der Waals surface area contributed by atoms with Crippen molar-refractivity contribution >= 4 is 33.3 Å². The van der Waals surface area contributed by atoms with Gasteiger partial charge in [-0.25, -0.2) is 4.98 Å². The van der Waals surface area contributed by atoms with Crippen molar-refractivity contribution in [3.8, 4) is 11.6 Å². The fraction of sp³-hybridized carbons (Fsp3) is 0.438. The van der Waals surface area contributed by atoms with Gasteiger partial charge in [0.1, 0.15) is 0 Å². The standard InChI is InChI=1S/C16H19NO5S/c1-5-9(16(19)22-4)6-11(18)14-7-10-13(23-14)8-12(20-2)15(17-10)21-3/h7-9H,5-6H2,1-4H3/t9-/m1/s1. The highest BCUT2D eigenvalue weighted by atomic mass is 32.1. The summed E-state index contributed by atoms with van der Waals surface area (Å²) in [6, 6.07) is 3.51. The predicted molar refractivity (Wildman–Crippen MR) is 87.5 cm³/mol. The third-order valence-electron chi connectivity index (χ3n) is 3.58. The summed E-state index contributed by atoms with van der Waals surface area (Å²) in [4.78, 5) is 29.0. The SMILES string of the molecule is CC[C@H](CC(=O)c1cc2nc(OC)c(OC)cc2s1)C(=O)OC. The van der Waals surface area contributed by atoms with Crippen LogP contribution in [-0.4, -0.2) is 38.1 Å². The Morgan fingerprint density at radius 1 is 1.22 bits per heavy atom. The molecule has 0 radical (unpaired) electrons. The Labute approximate surface area is 138 Å². The summed E-state index contributed by atoms with van der Waals surface area (Å²) in [6.07, 6.45) is 0.688. The van der Waals surface area contributed by atoms with Crippen molar-refractivity contribution in [3.05, 3.63) is 17.0 Å². The zero-order chi connectivity index (χ0) is 17.0. The van der Waals surface area contributed by atoms with Gasteiger partial charge in [-0.05, 0) is 12.5 Å². The highest BCUT2D eigenvalue weighted by Gasteiger charge is 2.23. The number of Topliss-reactive ketones (excluding diaryl/α,β-unsaturated/α-hetero) is 1. The lowest BCUT2D eigenvalue weighted by Gasteiger charge is -2.10. The fourth-order valence-electron chi connectivity index (χ4n) is 2.25. The molecule has 0 amide bonds. The fourth-order valence-corrected chi connectivity index (χ4v) is 3.23. The van der Waals surface area contributed by atoms with Gasteiger partial charge in [0.25, 0.3) is 5.88 Å². The Balaban J connectivity index is 2.29. The lowest BCUT2D eigenvalue weighted by molar-refractivity contribution is -0.145. The normalized spacial score (nSPS) is 12.0. The lowest BCUT2D eigenvalue weighted by atomic mass is 9.99. The average molecular weight is 337 g/mol. The van der Waals surface area contributed by atoms with Crippen LogP contribution in [0.15, 0.2) is 12.1 Å². The van der Waals surface area contributed by atoms with Gasteiger partial charge < -0.3 is 14.2 Å². The second-order valence-corrected chi connectivity index (χ2v) is 6.03. The Morgan fingerprint density at radius 3 is 2.52 bits per heavy atom. The molecule has 2 aromatic heterocycles. The monoisotopic (exact) mass is 337 g/mol. The van der Waals surface area contributed by atoms with Crippen LogP contribution in [0.25, 0.3) is 10.2 Å². The molecule has 124 valence electrons. The number of hydrogen-bond acceptors (Lipinski definition) is 7. The first-order chi connectivity index (χ1) is 11.0. The van der Waals surface area contributed by atoms with Gasteiger partial charge in [0.15, 0.2) is 11.5 Å². The van der Waals surface area contributed by atoms with Crippen LogP contribution in [0.4, 0.5) is 0 Å². The number of esters is 1. The van der Waals surface area contributed by atoms with E-state index in [1.54, 1.807) is 12.1 Å². The number of thiophene rings is 1. The van der Waals surface area contributed by atoms with E-state index < -0.39 is 5.92 Å². The van der Waals surface area contributed by atoms with Gasteiger partial charge in [0.05, 0.1) is 42.3 Å². The molecule has 0 aromatic carbocycles. The van der Waals surface area contributed by atoms with Gasteiger partial charge in [0, 0.05) is 12.5 Å². The molecule has 2 heterocycles. The topological polar surface area (TPSA) is 74.7 Å². The third kappa shape index (κ3) is 3.61. The number of nitrogens with zero attached hydrogens (tertiary/aromatic N) is 1. The molecule has 0 fully saturated rings. The quantitative estimate of drug-likeness (QED) is 0.571. The van der Waals surface area contributed by atoms with Gasteiger partial charge in [-0.3, -0.25) is 9.59 Å². The maximum absolute atomic E-state index is 12.4. The van der Waals surface area contributed by atoms with E-state index in [4.69, 9.17) is 14.2 Å². The number of fused-ring (bicyclic) bond motifs is 1. The van der Waals surface area contributed by atoms with Gasteiger partial charge in [-0.15, -0.1) is 11.3 Å². The van der Waals surface area contributed by atoms with Gasteiger partial charge in [-0.1, -0.05) is 6.92 Å². The van der Waals surface area contributed by atoms with Crippen molar-refractivity contribution in [2.45, 2.75) is 19.8 Å². The number of ether oxygens (including phenoxy) is 3. The highest BCUT2D eigenvalue weighted by Crippen LogP contribution is 2.34. The minimum absolute atomic E-state index is 0.0943. The summed E-state index contributed by atoms with van der Waals surface area (Å²) < 4.78 is 15.9. The van der Waals surface area contributed by atoms with Crippen molar-refractivity contribution in [3.63, 3.8) is 0 Å². The zero-order valence-corrected chi connectivity index (χ0v) is 14.4. The molecular formula is C16H19NO5S. The second-order valence-electron chi connectivity index (χ2n) is 4.95. The van der Waals surface area contributed by atoms with Crippen molar-refractivity contribution < 1.29 is 23.8 Å². The molecule has 1 atom stereocenters. The Kier molecular flexibility index (Phi) is 5.54. The smallest absolute Gasteiger partial charge is 0.309 e. The van der Waals surface area contributed by atoms with E-state index in [-0.39, 0.29) is 18.2 Å². The predicted octanol–water partition coefficient (Wildman–Crippen LogP) is 3.09. The first-order valence-electron chi connectivity index (χ1n) is 7.17. The number of aromatic nitrogens is 1. The van der Waals surface area contributed by atoms with Crippen molar-refractivity contribution in [2.75, 3.05) is 21.3 Å².